The average Bonchev–Trinajstić information content (AvgIpc) is 3.38. The van der Waals surface area contributed by atoms with Crippen molar-refractivity contribution in [1.29, 1.82) is 0 Å². The van der Waals surface area contributed by atoms with Crippen LogP contribution >= 0.6 is 0 Å². The van der Waals surface area contributed by atoms with Crippen LogP contribution in [0.3, 0.4) is 0 Å². The van der Waals surface area contributed by atoms with Crippen molar-refractivity contribution < 1.29 is 14.3 Å². The Morgan fingerprint density at radius 2 is 2.13 bits per heavy atom. The molecule has 2 unspecified atom stereocenters. The van der Waals surface area contributed by atoms with Crippen LogP contribution in [0.25, 0.3) is 0 Å². The molecule has 2 bridgehead atoms. The maximum absolute atomic E-state index is 13.5. The molecule has 3 aliphatic rings. The highest BCUT2D eigenvalue weighted by molar-refractivity contribution is 6.03. The number of pyridine rings is 1. The molecule has 1 spiro atoms. The molecule has 5 rings (SSSR count). The van der Waals surface area contributed by atoms with Gasteiger partial charge in [-0.15, -0.1) is 0 Å². The number of rotatable bonds is 4. The van der Waals surface area contributed by atoms with Crippen molar-refractivity contribution in [1.82, 2.24) is 9.88 Å². The van der Waals surface area contributed by atoms with E-state index < -0.39 is 17.4 Å². The summed E-state index contributed by atoms with van der Waals surface area (Å²) >= 11 is 0. The fourth-order valence-electron chi connectivity index (χ4n) is 4.99. The summed E-state index contributed by atoms with van der Waals surface area (Å²) in [6.45, 7) is 5.00. The second-order valence-corrected chi connectivity index (χ2v) is 8.65. The first-order chi connectivity index (χ1) is 14.4. The number of hydrogen-bond donors (Lipinski definition) is 0. The molecule has 2 aromatic rings. The molecule has 4 atom stereocenters. The number of anilines is 1. The van der Waals surface area contributed by atoms with E-state index in [-0.39, 0.29) is 17.9 Å². The van der Waals surface area contributed by atoms with Crippen molar-refractivity contribution >= 4 is 17.5 Å². The van der Waals surface area contributed by atoms with E-state index in [9.17, 15) is 9.59 Å². The Labute approximate surface area is 176 Å². The number of hydrogen-bond acceptors (Lipinski definition) is 4. The van der Waals surface area contributed by atoms with E-state index in [0.29, 0.717) is 13.1 Å². The summed E-state index contributed by atoms with van der Waals surface area (Å²) in [7, 11) is 1.78. The summed E-state index contributed by atoms with van der Waals surface area (Å²) < 4.78 is 6.26. The Kier molecular flexibility index (Phi) is 4.29. The topological polar surface area (TPSA) is 62.7 Å². The molecule has 6 heteroatoms. The standard InChI is InChI=1S/C24H25N3O3/c1-15-6-7-18(11-16(15)2)27-14-24-9-8-19(30-24)20(21(24)23(27)29)22(28)26(3)13-17-5-4-10-25-12-17/h4-12,19-21H,13-14H2,1-3H3/t19-,20?,21?,24-/m1/s1. The van der Waals surface area contributed by atoms with Gasteiger partial charge in [0.2, 0.25) is 11.8 Å². The highest BCUT2D eigenvalue weighted by Crippen LogP contribution is 2.53. The minimum atomic E-state index is -0.712. The summed E-state index contributed by atoms with van der Waals surface area (Å²) in [5, 5.41) is 0. The number of ether oxygens (including phenoxy) is 1. The predicted molar refractivity (Wildman–Crippen MR) is 113 cm³/mol. The first kappa shape index (κ1) is 19.0. The number of aromatic nitrogens is 1. The van der Waals surface area contributed by atoms with Gasteiger partial charge in [0.15, 0.2) is 0 Å². The molecule has 1 aromatic heterocycles. The largest absolute Gasteiger partial charge is 0.360 e. The van der Waals surface area contributed by atoms with Gasteiger partial charge in [-0.05, 0) is 48.7 Å². The lowest BCUT2D eigenvalue weighted by Gasteiger charge is -2.27. The number of fused-ring (bicyclic) bond motifs is 1. The van der Waals surface area contributed by atoms with E-state index >= 15 is 0 Å². The summed E-state index contributed by atoms with van der Waals surface area (Å²) in [6, 6.07) is 9.83. The van der Waals surface area contributed by atoms with E-state index in [1.54, 1.807) is 29.2 Å². The Morgan fingerprint density at radius 1 is 1.30 bits per heavy atom. The third-order valence-corrected chi connectivity index (χ3v) is 6.71. The van der Waals surface area contributed by atoms with Crippen molar-refractivity contribution in [3.8, 4) is 0 Å². The molecule has 2 saturated heterocycles. The average molecular weight is 403 g/mol. The Balaban J connectivity index is 1.42. The van der Waals surface area contributed by atoms with Gasteiger partial charge in [-0.3, -0.25) is 14.6 Å². The van der Waals surface area contributed by atoms with Gasteiger partial charge in [0.1, 0.15) is 5.60 Å². The number of carbonyl (C=O) groups excluding carboxylic acids is 2. The number of carbonyl (C=O) groups is 2. The molecule has 0 aliphatic carbocycles. The zero-order valence-corrected chi connectivity index (χ0v) is 17.4. The van der Waals surface area contributed by atoms with Crippen LogP contribution in [0.4, 0.5) is 5.69 Å². The van der Waals surface area contributed by atoms with Crippen LogP contribution in [-0.4, -0.2) is 47.0 Å². The van der Waals surface area contributed by atoms with Gasteiger partial charge in [-0.1, -0.05) is 24.3 Å². The number of benzene rings is 1. The summed E-state index contributed by atoms with van der Waals surface area (Å²) in [4.78, 5) is 34.5. The molecule has 0 saturated carbocycles. The Hall–Kier alpha value is -2.99. The smallest absolute Gasteiger partial charge is 0.234 e. The van der Waals surface area contributed by atoms with Crippen molar-refractivity contribution in [3.05, 3.63) is 71.6 Å². The summed E-state index contributed by atoms with van der Waals surface area (Å²) in [5.41, 5.74) is 3.43. The minimum Gasteiger partial charge on any atom is -0.360 e. The van der Waals surface area contributed by atoms with E-state index in [2.05, 4.69) is 11.9 Å². The second kappa shape index (κ2) is 6.77. The van der Waals surface area contributed by atoms with E-state index in [1.807, 2.05) is 49.4 Å². The van der Waals surface area contributed by atoms with Crippen LogP contribution in [0.1, 0.15) is 16.7 Å². The molecule has 1 aromatic carbocycles. The van der Waals surface area contributed by atoms with Crippen molar-refractivity contribution in [2.45, 2.75) is 32.1 Å². The van der Waals surface area contributed by atoms with Crippen LogP contribution < -0.4 is 4.90 Å². The third kappa shape index (κ3) is 2.78. The van der Waals surface area contributed by atoms with Gasteiger partial charge in [0, 0.05) is 31.7 Å². The van der Waals surface area contributed by atoms with E-state index in [1.165, 1.54) is 5.56 Å². The Morgan fingerprint density at radius 3 is 2.87 bits per heavy atom. The normalized spacial score (nSPS) is 28.8. The van der Waals surface area contributed by atoms with Gasteiger partial charge in [-0.2, -0.15) is 0 Å². The van der Waals surface area contributed by atoms with Crippen LogP contribution in [0.15, 0.2) is 54.9 Å². The fourth-order valence-corrected chi connectivity index (χ4v) is 4.99. The maximum atomic E-state index is 13.5. The SMILES string of the molecule is Cc1ccc(N2C[C@@]34C=C[C@@H](O3)C(C(=O)N(C)Cc3cccnc3)C4C2=O)cc1C. The molecule has 3 aliphatic heterocycles. The predicted octanol–water partition coefficient (Wildman–Crippen LogP) is 2.64. The van der Waals surface area contributed by atoms with E-state index in [4.69, 9.17) is 4.74 Å². The van der Waals surface area contributed by atoms with Gasteiger partial charge in [0.05, 0.1) is 24.5 Å². The lowest BCUT2D eigenvalue weighted by atomic mass is 9.76. The third-order valence-electron chi connectivity index (χ3n) is 6.71. The first-order valence-electron chi connectivity index (χ1n) is 10.3. The Bertz CT molecular complexity index is 1050. The van der Waals surface area contributed by atoms with Crippen LogP contribution in [0, 0.1) is 25.7 Å². The monoisotopic (exact) mass is 403 g/mol. The molecule has 154 valence electrons. The highest BCUT2D eigenvalue weighted by atomic mass is 16.5. The minimum absolute atomic E-state index is 0.0294. The van der Waals surface area contributed by atoms with Crippen LogP contribution in [-0.2, 0) is 20.9 Å². The van der Waals surface area contributed by atoms with Gasteiger partial charge >= 0.3 is 0 Å². The maximum Gasteiger partial charge on any atom is 0.234 e. The van der Waals surface area contributed by atoms with Gasteiger partial charge < -0.3 is 14.5 Å². The molecule has 30 heavy (non-hydrogen) atoms. The lowest BCUT2D eigenvalue weighted by Crippen LogP contribution is -2.44. The van der Waals surface area contributed by atoms with Crippen LogP contribution in [0.2, 0.25) is 0 Å². The fraction of sp³-hybridized carbons (Fsp3) is 0.375. The van der Waals surface area contributed by atoms with Crippen molar-refractivity contribution in [2.24, 2.45) is 11.8 Å². The number of nitrogens with zero attached hydrogens (tertiary/aromatic N) is 3. The highest BCUT2D eigenvalue weighted by Gasteiger charge is 2.67. The van der Waals surface area contributed by atoms with Crippen molar-refractivity contribution in [2.75, 3.05) is 18.5 Å². The molecule has 2 amide bonds. The molecule has 0 N–H and O–H groups in total. The van der Waals surface area contributed by atoms with Crippen molar-refractivity contribution in [3.63, 3.8) is 0 Å². The van der Waals surface area contributed by atoms with Gasteiger partial charge in [-0.25, -0.2) is 0 Å². The summed E-state index contributed by atoms with van der Waals surface area (Å²) in [5.74, 6) is -1.08. The van der Waals surface area contributed by atoms with Gasteiger partial charge in [0.25, 0.3) is 0 Å². The molecule has 6 nitrogen and oxygen atoms in total. The summed E-state index contributed by atoms with van der Waals surface area (Å²) in [6.07, 6.45) is 7.07. The first-order valence-corrected chi connectivity index (χ1v) is 10.3. The number of amides is 2. The number of aryl methyl sites for hydroxylation is 2. The van der Waals surface area contributed by atoms with Crippen LogP contribution in [0.5, 0.6) is 0 Å². The zero-order valence-electron chi connectivity index (χ0n) is 17.4. The quantitative estimate of drug-likeness (QED) is 0.737. The molecular weight excluding hydrogens is 378 g/mol. The lowest BCUT2D eigenvalue weighted by molar-refractivity contribution is -0.139. The van der Waals surface area contributed by atoms with E-state index in [0.717, 1.165) is 16.8 Å². The molecule has 4 heterocycles. The molecule has 0 radical (unpaired) electrons. The molecular formula is C24H25N3O3. The molecule has 2 fully saturated rings. The zero-order chi connectivity index (χ0) is 21.0. The second-order valence-electron chi connectivity index (χ2n) is 8.65.